The molecule has 0 aliphatic carbocycles. The number of esters is 1. The maximum Gasteiger partial charge on any atom is 0.322 e. The van der Waals surface area contributed by atoms with Crippen LogP contribution < -0.4 is 16.0 Å². The average molecular weight is 354 g/mol. The summed E-state index contributed by atoms with van der Waals surface area (Å²) in [5.74, 6) is -1.61. The van der Waals surface area contributed by atoms with Gasteiger partial charge in [-0.15, -0.1) is 0 Å². The Bertz CT molecular complexity index is 662. The summed E-state index contributed by atoms with van der Waals surface area (Å²) in [7, 11) is 0. The smallest absolute Gasteiger partial charge is 0.322 e. The van der Waals surface area contributed by atoms with E-state index in [0.29, 0.717) is 10.7 Å². The van der Waals surface area contributed by atoms with E-state index in [4.69, 9.17) is 16.3 Å². The van der Waals surface area contributed by atoms with Crippen molar-refractivity contribution < 1.29 is 23.9 Å². The predicted molar refractivity (Wildman–Crippen MR) is 85.3 cm³/mol. The molecule has 0 saturated carbocycles. The van der Waals surface area contributed by atoms with Gasteiger partial charge in [0.1, 0.15) is 6.04 Å². The van der Waals surface area contributed by atoms with Crippen molar-refractivity contribution in [3.05, 3.63) is 29.3 Å². The molecule has 1 fully saturated rings. The van der Waals surface area contributed by atoms with Crippen molar-refractivity contribution in [2.75, 3.05) is 5.32 Å². The van der Waals surface area contributed by atoms with Gasteiger partial charge in [-0.3, -0.25) is 19.7 Å². The third-order valence-electron chi connectivity index (χ3n) is 3.28. The Morgan fingerprint density at radius 1 is 1.29 bits per heavy atom. The molecule has 0 spiro atoms. The molecule has 1 aliphatic heterocycles. The van der Waals surface area contributed by atoms with Crippen molar-refractivity contribution in [2.24, 2.45) is 0 Å². The Kier molecular flexibility index (Phi) is 5.75. The third-order valence-corrected chi connectivity index (χ3v) is 3.54. The molecule has 128 valence electrons. The molecule has 1 saturated heterocycles. The van der Waals surface area contributed by atoms with Gasteiger partial charge in [0.15, 0.2) is 6.10 Å². The first kappa shape index (κ1) is 17.7. The number of anilines is 1. The molecule has 2 rings (SSSR count). The molecule has 1 aromatic rings. The number of carbonyl (C=O) groups excluding carboxylic acids is 4. The number of hydrogen-bond donors (Lipinski definition) is 3. The van der Waals surface area contributed by atoms with Crippen LogP contribution in [-0.4, -0.2) is 36.0 Å². The van der Waals surface area contributed by atoms with Crippen LogP contribution in [0.25, 0.3) is 0 Å². The molecule has 24 heavy (non-hydrogen) atoms. The zero-order valence-corrected chi connectivity index (χ0v) is 13.6. The van der Waals surface area contributed by atoms with Gasteiger partial charge in [-0.2, -0.15) is 0 Å². The largest absolute Gasteiger partial charge is 0.453 e. The van der Waals surface area contributed by atoms with Crippen LogP contribution in [0.1, 0.15) is 19.8 Å². The van der Waals surface area contributed by atoms with Crippen molar-refractivity contribution in [1.29, 1.82) is 0 Å². The van der Waals surface area contributed by atoms with Crippen molar-refractivity contribution >= 4 is 41.1 Å². The second-order valence-corrected chi connectivity index (χ2v) is 5.62. The lowest BCUT2D eigenvalue weighted by atomic mass is 10.1. The molecule has 9 heteroatoms. The summed E-state index contributed by atoms with van der Waals surface area (Å²) in [5, 5.41) is 7.57. The topological polar surface area (TPSA) is 114 Å². The van der Waals surface area contributed by atoms with Crippen LogP contribution in [0.2, 0.25) is 5.02 Å². The minimum Gasteiger partial charge on any atom is -0.453 e. The standard InChI is InChI=1S/C15H16ClN3O5/c1-8(13(21)17-10-4-2-9(16)3-5-10)24-12(20)7-6-11-14(22)19-15(23)18-11/h2-5,8,11H,6-7H2,1H3,(H,17,21)(H2,18,19,22,23)/t8-,11+/m1/s1. The van der Waals surface area contributed by atoms with Gasteiger partial charge in [0.25, 0.3) is 11.8 Å². The summed E-state index contributed by atoms with van der Waals surface area (Å²) < 4.78 is 5.01. The van der Waals surface area contributed by atoms with Crippen LogP contribution in [0.15, 0.2) is 24.3 Å². The monoisotopic (exact) mass is 353 g/mol. The maximum absolute atomic E-state index is 11.9. The molecular formula is C15H16ClN3O5. The lowest BCUT2D eigenvalue weighted by Crippen LogP contribution is -2.32. The van der Waals surface area contributed by atoms with Gasteiger partial charge < -0.3 is 15.4 Å². The highest BCUT2D eigenvalue weighted by molar-refractivity contribution is 6.30. The maximum atomic E-state index is 11.9. The number of urea groups is 1. The average Bonchev–Trinajstić information content (AvgIpc) is 2.85. The first-order chi connectivity index (χ1) is 11.3. The van der Waals surface area contributed by atoms with E-state index in [1.54, 1.807) is 24.3 Å². The van der Waals surface area contributed by atoms with Gasteiger partial charge in [0.05, 0.1) is 0 Å². The Labute approximate surface area is 142 Å². The van der Waals surface area contributed by atoms with E-state index >= 15 is 0 Å². The summed E-state index contributed by atoms with van der Waals surface area (Å²) in [6.07, 6.45) is -1.00. The quantitative estimate of drug-likeness (QED) is 0.525. The molecule has 8 nitrogen and oxygen atoms in total. The molecule has 1 aliphatic rings. The third kappa shape index (κ3) is 4.95. The number of ether oxygens (including phenoxy) is 1. The molecule has 4 amide bonds. The van der Waals surface area contributed by atoms with Crippen LogP contribution >= 0.6 is 11.6 Å². The van der Waals surface area contributed by atoms with Crippen molar-refractivity contribution in [2.45, 2.75) is 31.9 Å². The fourth-order valence-electron chi connectivity index (χ4n) is 2.01. The molecule has 3 N–H and O–H groups in total. The van der Waals surface area contributed by atoms with Gasteiger partial charge in [-0.25, -0.2) is 4.79 Å². The number of hydrogen-bond acceptors (Lipinski definition) is 5. The predicted octanol–water partition coefficient (Wildman–Crippen LogP) is 1.20. The van der Waals surface area contributed by atoms with Gasteiger partial charge in [0, 0.05) is 17.1 Å². The molecule has 0 aromatic heterocycles. The van der Waals surface area contributed by atoms with Gasteiger partial charge >= 0.3 is 12.0 Å². The number of rotatable bonds is 6. The summed E-state index contributed by atoms with van der Waals surface area (Å²) in [4.78, 5) is 46.0. The lowest BCUT2D eigenvalue weighted by Gasteiger charge is -2.14. The zero-order chi connectivity index (χ0) is 17.7. The van der Waals surface area contributed by atoms with E-state index < -0.39 is 36.0 Å². The van der Waals surface area contributed by atoms with Crippen LogP contribution in [0, 0.1) is 0 Å². The molecule has 2 atom stereocenters. The molecule has 1 aromatic carbocycles. The molecule has 1 heterocycles. The number of imide groups is 1. The van der Waals surface area contributed by atoms with Crippen LogP contribution in [0.4, 0.5) is 10.5 Å². The molecular weight excluding hydrogens is 338 g/mol. The second-order valence-electron chi connectivity index (χ2n) is 5.18. The minimum atomic E-state index is -1.000. The van der Waals surface area contributed by atoms with Crippen molar-refractivity contribution in [3.8, 4) is 0 Å². The molecule has 0 unspecified atom stereocenters. The SMILES string of the molecule is C[C@@H](OC(=O)CC[C@@H]1NC(=O)NC1=O)C(=O)Nc1ccc(Cl)cc1. The van der Waals surface area contributed by atoms with E-state index in [9.17, 15) is 19.2 Å². The van der Waals surface area contributed by atoms with E-state index in [1.165, 1.54) is 6.92 Å². The number of amides is 4. The number of carbonyl (C=O) groups is 4. The summed E-state index contributed by atoms with van der Waals surface area (Å²) in [6, 6.07) is 5.13. The van der Waals surface area contributed by atoms with Gasteiger partial charge in [-0.05, 0) is 37.6 Å². The minimum absolute atomic E-state index is 0.0991. The highest BCUT2D eigenvalue weighted by Crippen LogP contribution is 2.14. The van der Waals surface area contributed by atoms with E-state index in [0.717, 1.165) is 0 Å². The number of nitrogens with one attached hydrogen (secondary N) is 3. The molecule has 0 radical (unpaired) electrons. The summed E-state index contributed by atoms with van der Waals surface area (Å²) >= 11 is 5.75. The Morgan fingerprint density at radius 3 is 2.54 bits per heavy atom. The van der Waals surface area contributed by atoms with E-state index in [1.807, 2.05) is 0 Å². The Balaban J connectivity index is 1.76. The second kappa shape index (κ2) is 7.78. The van der Waals surface area contributed by atoms with Gasteiger partial charge in [0.2, 0.25) is 0 Å². The number of benzene rings is 1. The fourth-order valence-corrected chi connectivity index (χ4v) is 2.14. The highest BCUT2D eigenvalue weighted by atomic mass is 35.5. The van der Waals surface area contributed by atoms with E-state index in [-0.39, 0.29) is 12.8 Å². The van der Waals surface area contributed by atoms with Gasteiger partial charge in [-0.1, -0.05) is 11.6 Å². The van der Waals surface area contributed by atoms with E-state index in [2.05, 4.69) is 16.0 Å². The van der Waals surface area contributed by atoms with Crippen LogP contribution in [-0.2, 0) is 19.1 Å². The molecule has 0 bridgehead atoms. The zero-order valence-electron chi connectivity index (χ0n) is 12.8. The number of halogens is 1. The Morgan fingerprint density at radius 2 is 1.96 bits per heavy atom. The fraction of sp³-hybridized carbons (Fsp3) is 0.333. The first-order valence-electron chi connectivity index (χ1n) is 7.22. The first-order valence-corrected chi connectivity index (χ1v) is 7.60. The van der Waals surface area contributed by atoms with Crippen LogP contribution in [0.3, 0.4) is 0 Å². The summed E-state index contributed by atoms with van der Waals surface area (Å²) in [5.41, 5.74) is 0.526. The Hall–Kier alpha value is -2.61. The summed E-state index contributed by atoms with van der Waals surface area (Å²) in [6.45, 7) is 1.44. The highest BCUT2D eigenvalue weighted by Gasteiger charge is 2.30. The lowest BCUT2D eigenvalue weighted by molar-refractivity contribution is -0.153. The van der Waals surface area contributed by atoms with Crippen LogP contribution in [0.5, 0.6) is 0 Å². The normalized spacial score (nSPS) is 17.7. The van der Waals surface area contributed by atoms with Crippen molar-refractivity contribution in [1.82, 2.24) is 10.6 Å². The van der Waals surface area contributed by atoms with Crippen molar-refractivity contribution in [3.63, 3.8) is 0 Å².